The zero-order valence-electron chi connectivity index (χ0n) is 9.60. The number of amides is 1. The van der Waals surface area contributed by atoms with Gasteiger partial charge in [-0.05, 0) is 36.4 Å². The molecule has 4 heteroatoms. The number of ether oxygens (including phenoxy) is 1. The number of para-hydroxylation sites is 1. The van der Waals surface area contributed by atoms with Gasteiger partial charge in [0.25, 0.3) is 5.91 Å². The van der Waals surface area contributed by atoms with Gasteiger partial charge in [-0.2, -0.15) is 0 Å². The number of carbonyl (C=O) groups excluding carboxylic acids is 1. The lowest BCUT2D eigenvalue weighted by Crippen LogP contribution is -2.19. The minimum absolute atomic E-state index is 0.00345. The first kappa shape index (κ1) is 12.6. The minimum Gasteiger partial charge on any atom is -0.484 e. The summed E-state index contributed by atoms with van der Waals surface area (Å²) in [5.41, 5.74) is 0.766. The van der Waals surface area contributed by atoms with Gasteiger partial charge in [-0.15, -0.1) is 0 Å². The van der Waals surface area contributed by atoms with Crippen molar-refractivity contribution in [2.45, 2.75) is 0 Å². The zero-order valence-corrected chi connectivity index (χ0v) is 11.2. The van der Waals surface area contributed by atoms with E-state index in [1.165, 1.54) is 0 Å². The molecule has 0 bridgehead atoms. The van der Waals surface area contributed by atoms with E-state index in [1.807, 2.05) is 42.5 Å². The van der Waals surface area contributed by atoms with Crippen molar-refractivity contribution in [3.63, 3.8) is 0 Å². The predicted molar refractivity (Wildman–Crippen MR) is 74.7 cm³/mol. The molecule has 1 amide bonds. The van der Waals surface area contributed by atoms with E-state index in [0.717, 1.165) is 10.2 Å². The molecule has 0 fully saturated rings. The zero-order chi connectivity index (χ0) is 12.8. The summed E-state index contributed by atoms with van der Waals surface area (Å²) in [6.07, 6.45) is 0. The van der Waals surface area contributed by atoms with Crippen LogP contribution in [-0.2, 0) is 4.79 Å². The molecule has 0 heterocycles. The summed E-state index contributed by atoms with van der Waals surface area (Å²) in [4.78, 5) is 11.6. The molecule has 0 atom stereocenters. The van der Waals surface area contributed by atoms with E-state index >= 15 is 0 Å². The Bertz CT molecular complexity index is 511. The van der Waals surface area contributed by atoms with Gasteiger partial charge in [0.05, 0.1) is 0 Å². The molecule has 92 valence electrons. The lowest BCUT2D eigenvalue weighted by atomic mass is 10.3. The Morgan fingerprint density at radius 1 is 1.06 bits per heavy atom. The first-order valence-electron chi connectivity index (χ1n) is 5.47. The maximum atomic E-state index is 11.6. The highest BCUT2D eigenvalue weighted by molar-refractivity contribution is 9.10. The summed E-state index contributed by atoms with van der Waals surface area (Å²) in [7, 11) is 0. The first-order valence-corrected chi connectivity index (χ1v) is 6.26. The Kier molecular flexibility index (Phi) is 4.36. The van der Waals surface area contributed by atoms with E-state index in [1.54, 1.807) is 12.1 Å². The van der Waals surface area contributed by atoms with Crippen molar-refractivity contribution in [2.75, 3.05) is 11.9 Å². The van der Waals surface area contributed by atoms with E-state index in [-0.39, 0.29) is 12.5 Å². The predicted octanol–water partition coefficient (Wildman–Crippen LogP) is 3.47. The topological polar surface area (TPSA) is 38.3 Å². The second kappa shape index (κ2) is 6.21. The molecule has 0 saturated carbocycles. The smallest absolute Gasteiger partial charge is 0.262 e. The number of hydrogen-bond donors (Lipinski definition) is 1. The van der Waals surface area contributed by atoms with Crippen molar-refractivity contribution < 1.29 is 9.53 Å². The standard InChI is InChI=1S/C14H12BrNO2/c15-11-6-8-13(9-7-11)18-10-14(17)16-12-4-2-1-3-5-12/h1-9H,10H2,(H,16,17). The number of rotatable bonds is 4. The third kappa shape index (κ3) is 3.89. The number of benzene rings is 2. The highest BCUT2D eigenvalue weighted by Crippen LogP contribution is 2.16. The maximum absolute atomic E-state index is 11.6. The fraction of sp³-hybridized carbons (Fsp3) is 0.0714. The summed E-state index contributed by atoms with van der Waals surface area (Å²) < 4.78 is 6.34. The van der Waals surface area contributed by atoms with Crippen LogP contribution in [0.5, 0.6) is 5.75 Å². The van der Waals surface area contributed by atoms with Crippen molar-refractivity contribution in [2.24, 2.45) is 0 Å². The molecule has 0 aliphatic rings. The van der Waals surface area contributed by atoms with E-state index in [2.05, 4.69) is 21.2 Å². The van der Waals surface area contributed by atoms with Crippen molar-refractivity contribution in [1.82, 2.24) is 0 Å². The molecule has 0 aliphatic carbocycles. The maximum Gasteiger partial charge on any atom is 0.262 e. The molecule has 18 heavy (non-hydrogen) atoms. The second-order valence-corrected chi connectivity index (χ2v) is 4.57. The summed E-state index contributed by atoms with van der Waals surface area (Å²) in [5.74, 6) is 0.491. The van der Waals surface area contributed by atoms with Crippen LogP contribution in [0, 0.1) is 0 Å². The SMILES string of the molecule is O=C(COc1ccc(Br)cc1)Nc1ccccc1. The van der Waals surface area contributed by atoms with Crippen LogP contribution in [0.3, 0.4) is 0 Å². The van der Waals surface area contributed by atoms with Gasteiger partial charge in [-0.1, -0.05) is 34.1 Å². The molecular weight excluding hydrogens is 294 g/mol. The summed E-state index contributed by atoms with van der Waals surface area (Å²) in [6, 6.07) is 16.6. The van der Waals surface area contributed by atoms with Crippen molar-refractivity contribution in [1.29, 1.82) is 0 Å². The molecule has 0 unspecified atom stereocenters. The van der Waals surface area contributed by atoms with E-state index in [0.29, 0.717) is 5.75 Å². The molecule has 0 saturated heterocycles. The van der Waals surface area contributed by atoms with E-state index in [4.69, 9.17) is 4.74 Å². The average molecular weight is 306 g/mol. The van der Waals surface area contributed by atoms with Gasteiger partial charge in [-0.25, -0.2) is 0 Å². The van der Waals surface area contributed by atoms with Gasteiger partial charge in [-0.3, -0.25) is 4.79 Å². The molecule has 3 nitrogen and oxygen atoms in total. The highest BCUT2D eigenvalue weighted by atomic mass is 79.9. The van der Waals surface area contributed by atoms with Crippen LogP contribution in [0.4, 0.5) is 5.69 Å². The first-order chi connectivity index (χ1) is 8.74. The van der Waals surface area contributed by atoms with Gasteiger partial charge in [0.15, 0.2) is 6.61 Å². The largest absolute Gasteiger partial charge is 0.484 e. The summed E-state index contributed by atoms with van der Waals surface area (Å²) in [6.45, 7) is -0.00345. The normalized spacial score (nSPS) is 9.83. The molecule has 2 aromatic carbocycles. The number of nitrogens with one attached hydrogen (secondary N) is 1. The number of carbonyl (C=O) groups is 1. The van der Waals surface area contributed by atoms with E-state index in [9.17, 15) is 4.79 Å². The molecule has 0 aromatic heterocycles. The molecule has 0 aliphatic heterocycles. The van der Waals surface area contributed by atoms with Gasteiger partial charge >= 0.3 is 0 Å². The van der Waals surface area contributed by atoms with Crippen molar-refractivity contribution in [3.05, 3.63) is 59.1 Å². The van der Waals surface area contributed by atoms with Crippen LogP contribution in [0.1, 0.15) is 0 Å². The fourth-order valence-electron chi connectivity index (χ4n) is 1.40. The minimum atomic E-state index is -0.177. The van der Waals surface area contributed by atoms with Gasteiger partial charge in [0, 0.05) is 10.2 Å². The molecule has 0 radical (unpaired) electrons. The Balaban J connectivity index is 1.83. The van der Waals surface area contributed by atoms with Crippen LogP contribution in [0.25, 0.3) is 0 Å². The van der Waals surface area contributed by atoms with Gasteiger partial charge < -0.3 is 10.1 Å². The van der Waals surface area contributed by atoms with Crippen LogP contribution < -0.4 is 10.1 Å². The monoisotopic (exact) mass is 305 g/mol. The molecule has 0 spiro atoms. The third-order valence-corrected chi connectivity index (χ3v) is 2.77. The van der Waals surface area contributed by atoms with Crippen LogP contribution >= 0.6 is 15.9 Å². The van der Waals surface area contributed by atoms with Crippen LogP contribution in [-0.4, -0.2) is 12.5 Å². The summed E-state index contributed by atoms with van der Waals surface area (Å²) in [5, 5.41) is 2.75. The Morgan fingerprint density at radius 2 is 1.72 bits per heavy atom. The van der Waals surface area contributed by atoms with Crippen LogP contribution in [0.15, 0.2) is 59.1 Å². The number of halogens is 1. The molecule has 2 aromatic rings. The number of hydrogen-bond acceptors (Lipinski definition) is 2. The van der Waals surface area contributed by atoms with Crippen LogP contribution in [0.2, 0.25) is 0 Å². The Hall–Kier alpha value is -1.81. The molecule has 2 rings (SSSR count). The second-order valence-electron chi connectivity index (χ2n) is 3.66. The fourth-order valence-corrected chi connectivity index (χ4v) is 1.66. The molecular formula is C14H12BrNO2. The third-order valence-electron chi connectivity index (χ3n) is 2.24. The number of anilines is 1. The molecule has 1 N–H and O–H groups in total. The lowest BCUT2D eigenvalue weighted by Gasteiger charge is -2.07. The summed E-state index contributed by atoms with van der Waals surface area (Å²) >= 11 is 3.33. The van der Waals surface area contributed by atoms with Crippen molar-refractivity contribution >= 4 is 27.5 Å². The van der Waals surface area contributed by atoms with Gasteiger partial charge in [0.2, 0.25) is 0 Å². The Morgan fingerprint density at radius 3 is 2.39 bits per heavy atom. The Labute approximate surface area is 114 Å². The van der Waals surface area contributed by atoms with E-state index < -0.39 is 0 Å². The van der Waals surface area contributed by atoms with Gasteiger partial charge in [0.1, 0.15) is 5.75 Å². The van der Waals surface area contributed by atoms with Crippen molar-refractivity contribution in [3.8, 4) is 5.75 Å². The highest BCUT2D eigenvalue weighted by Gasteiger charge is 2.03. The quantitative estimate of drug-likeness (QED) is 0.939. The lowest BCUT2D eigenvalue weighted by molar-refractivity contribution is -0.118. The average Bonchev–Trinajstić information content (AvgIpc) is 2.39.